The predicted octanol–water partition coefficient (Wildman–Crippen LogP) is 11.0. The van der Waals surface area contributed by atoms with Gasteiger partial charge in [0.25, 0.3) is 23.6 Å². The third-order valence-electron chi connectivity index (χ3n) is 14.0. The first-order valence-electron chi connectivity index (χ1n) is 24.9. The van der Waals surface area contributed by atoms with E-state index in [-0.39, 0.29) is 72.3 Å². The van der Waals surface area contributed by atoms with Gasteiger partial charge in [0.1, 0.15) is 17.3 Å². The number of hydrogen-bond donors (Lipinski definition) is 1. The van der Waals surface area contributed by atoms with Crippen LogP contribution in [-0.2, 0) is 31.5 Å². The van der Waals surface area contributed by atoms with Gasteiger partial charge in [-0.25, -0.2) is 0 Å². The number of rotatable bonds is 14. The number of nitrogens with zero attached hydrogens (tertiary/aromatic N) is 4. The largest absolute Gasteiger partial charge is 0.481 e. The second-order valence-corrected chi connectivity index (χ2v) is 21.1. The number of carbonyl (C=O) groups excluding carboxylic acids is 5. The van der Waals surface area contributed by atoms with Gasteiger partial charge in [-0.15, -0.1) is 0 Å². The number of ketones is 1. The zero-order chi connectivity index (χ0) is 52.5. The molecule has 2 heterocycles. The van der Waals surface area contributed by atoms with E-state index >= 15 is 0 Å². The van der Waals surface area contributed by atoms with Crippen LogP contribution in [0.4, 0.5) is 37.7 Å². The maximum absolute atomic E-state index is 14.3. The number of fused-ring (bicyclic) bond motifs is 2. The van der Waals surface area contributed by atoms with Gasteiger partial charge < -0.3 is 34.2 Å². The Morgan fingerprint density at radius 1 is 0.620 bits per heavy atom. The summed E-state index contributed by atoms with van der Waals surface area (Å²) < 4.78 is 96.5. The number of benzene rings is 2. The van der Waals surface area contributed by atoms with E-state index in [2.05, 4.69) is 0 Å². The van der Waals surface area contributed by atoms with Crippen molar-refractivity contribution in [2.45, 2.75) is 199 Å². The summed E-state index contributed by atoms with van der Waals surface area (Å²) in [6.07, 6.45) is 1.23. The summed E-state index contributed by atoms with van der Waals surface area (Å²) in [4.78, 5) is 82.7. The zero-order valence-corrected chi connectivity index (χ0v) is 42.0. The van der Waals surface area contributed by atoms with Crippen LogP contribution in [0.5, 0.6) is 11.5 Å². The SMILES string of the molecule is CC(C)N(C(=O)c1cc2c(cc1C(F)(F)F)OC(C)(C)C(=O)N2CCC(=O)CC1CC1)C1CCCCC1.CC(C)N(C(=O)c1cc2c(cc1C(F)(F)F)OC(C)(C)C(=O)N2CCC(=O)O)C1CCCCC1. The lowest BCUT2D eigenvalue weighted by molar-refractivity contribution is -0.139. The first-order valence-corrected chi connectivity index (χ1v) is 24.9. The number of amides is 4. The van der Waals surface area contributed by atoms with Crippen LogP contribution in [-0.4, -0.2) is 98.7 Å². The molecule has 19 heteroatoms. The van der Waals surface area contributed by atoms with Crippen molar-refractivity contribution in [3.8, 4) is 11.5 Å². The monoisotopic (exact) mass is 1010 g/mol. The molecule has 3 saturated carbocycles. The van der Waals surface area contributed by atoms with Crippen LogP contribution in [0.25, 0.3) is 0 Å². The summed E-state index contributed by atoms with van der Waals surface area (Å²) in [6, 6.07) is 2.86. The highest BCUT2D eigenvalue weighted by Gasteiger charge is 2.48. The van der Waals surface area contributed by atoms with Crippen molar-refractivity contribution >= 4 is 46.8 Å². The fraction of sp³-hybridized carbons (Fsp3) is 0.654. The molecule has 0 aromatic heterocycles. The van der Waals surface area contributed by atoms with Gasteiger partial charge in [-0.1, -0.05) is 38.5 Å². The van der Waals surface area contributed by atoms with Gasteiger partial charge in [-0.05, 0) is 124 Å². The van der Waals surface area contributed by atoms with E-state index < -0.39 is 81.8 Å². The summed E-state index contributed by atoms with van der Waals surface area (Å²) in [5.74, 6) is -3.57. The molecule has 2 aromatic carbocycles. The van der Waals surface area contributed by atoms with Gasteiger partial charge in [0, 0.05) is 50.1 Å². The van der Waals surface area contributed by atoms with Gasteiger partial charge in [0.15, 0.2) is 11.2 Å². The average Bonchev–Trinajstić information content (AvgIpc) is 4.10. The summed E-state index contributed by atoms with van der Waals surface area (Å²) in [5, 5.41) is 9.10. The number of halogens is 6. The minimum absolute atomic E-state index is 0.0210. The smallest absolute Gasteiger partial charge is 0.417 e. The molecule has 7 rings (SSSR count). The van der Waals surface area contributed by atoms with E-state index in [1.807, 2.05) is 13.8 Å². The maximum atomic E-state index is 14.3. The molecule has 0 bridgehead atoms. The third-order valence-corrected chi connectivity index (χ3v) is 14.0. The number of aliphatic carboxylic acids is 1. The van der Waals surface area contributed by atoms with E-state index in [1.54, 1.807) is 18.7 Å². The van der Waals surface area contributed by atoms with Gasteiger partial charge in [-0.2, -0.15) is 26.3 Å². The molecular weight excluding hydrogens is 939 g/mol. The van der Waals surface area contributed by atoms with E-state index in [1.165, 1.54) is 37.5 Å². The number of ether oxygens (including phenoxy) is 2. The van der Waals surface area contributed by atoms with Crippen LogP contribution in [0.3, 0.4) is 0 Å². The predicted molar refractivity (Wildman–Crippen MR) is 253 cm³/mol. The molecule has 3 aliphatic carbocycles. The molecule has 3 fully saturated rings. The molecule has 0 saturated heterocycles. The van der Waals surface area contributed by atoms with Crippen molar-refractivity contribution < 1.29 is 69.7 Å². The number of anilines is 2. The van der Waals surface area contributed by atoms with Gasteiger partial charge in [0.05, 0.1) is 40.0 Å². The second-order valence-electron chi connectivity index (χ2n) is 21.1. The molecule has 0 radical (unpaired) electrons. The molecule has 0 unspecified atom stereocenters. The standard InChI is InChI=1S/C28H37F3N2O4.C24H31F3N2O5/c1-17(2)33(19-8-6-5-7-9-19)25(35)21-15-23-24(16-22(21)28(29,30)31)37-27(3,4)26(36)32(23)13-12-20(34)14-18-10-11-18;1-14(2)29(15-8-6-5-7-9-15)21(32)16-12-18-19(13-17(16)24(25,26)27)34-23(3,4)22(33)28(18)11-10-20(30)31/h15-19H,5-14H2,1-4H3;12-15H,5-11H2,1-4H3,(H,30,31). The van der Waals surface area contributed by atoms with Crippen molar-refractivity contribution in [3.63, 3.8) is 0 Å². The van der Waals surface area contributed by atoms with E-state index in [0.29, 0.717) is 12.3 Å². The van der Waals surface area contributed by atoms with E-state index in [4.69, 9.17) is 14.6 Å². The first kappa shape index (κ1) is 55.0. The van der Waals surface area contributed by atoms with E-state index in [9.17, 15) is 55.1 Å². The fourth-order valence-electron chi connectivity index (χ4n) is 10.3. The Morgan fingerprint density at radius 3 is 1.31 bits per heavy atom. The van der Waals surface area contributed by atoms with Crippen molar-refractivity contribution in [2.75, 3.05) is 22.9 Å². The molecule has 13 nitrogen and oxygen atoms in total. The molecule has 4 amide bonds. The highest BCUT2D eigenvalue weighted by Crippen LogP contribution is 2.47. The van der Waals surface area contributed by atoms with Gasteiger partial charge in [-0.3, -0.25) is 28.8 Å². The molecule has 5 aliphatic rings. The summed E-state index contributed by atoms with van der Waals surface area (Å²) in [5.41, 5.74) is -6.10. The second kappa shape index (κ2) is 21.4. The Balaban J connectivity index is 0.000000233. The van der Waals surface area contributed by atoms with Crippen LogP contribution in [0.2, 0.25) is 0 Å². The molecule has 392 valence electrons. The van der Waals surface area contributed by atoms with Crippen LogP contribution >= 0.6 is 0 Å². The maximum Gasteiger partial charge on any atom is 0.417 e. The Labute approximate surface area is 411 Å². The van der Waals surface area contributed by atoms with E-state index in [0.717, 1.165) is 106 Å². The number of alkyl halides is 6. The van der Waals surface area contributed by atoms with Crippen LogP contribution in [0.1, 0.15) is 184 Å². The van der Waals surface area contributed by atoms with Crippen LogP contribution in [0.15, 0.2) is 24.3 Å². The normalized spacial score (nSPS) is 19.3. The Kier molecular flexibility index (Phi) is 16.6. The summed E-state index contributed by atoms with van der Waals surface area (Å²) in [6.45, 7) is 12.7. The number of carboxylic acids is 1. The Hall–Kier alpha value is -5.36. The van der Waals surface area contributed by atoms with Crippen molar-refractivity contribution in [1.29, 1.82) is 0 Å². The molecular formula is C52H68F6N4O9. The molecule has 2 aliphatic heterocycles. The van der Waals surface area contributed by atoms with Crippen LogP contribution < -0.4 is 19.3 Å². The first-order chi connectivity index (χ1) is 33.0. The molecule has 0 spiro atoms. The highest BCUT2D eigenvalue weighted by molar-refractivity contribution is 6.06. The molecule has 2 aromatic rings. The molecule has 1 N–H and O–H groups in total. The van der Waals surface area contributed by atoms with Gasteiger partial charge in [0.2, 0.25) is 0 Å². The lowest BCUT2D eigenvalue weighted by Gasteiger charge is -2.40. The summed E-state index contributed by atoms with van der Waals surface area (Å²) >= 11 is 0. The van der Waals surface area contributed by atoms with Gasteiger partial charge >= 0.3 is 18.3 Å². The lowest BCUT2D eigenvalue weighted by atomic mass is 9.92. The number of carbonyl (C=O) groups is 6. The third kappa shape index (κ3) is 12.6. The topological polar surface area (TPSA) is 154 Å². The minimum atomic E-state index is -4.84. The average molecular weight is 1010 g/mol. The van der Waals surface area contributed by atoms with Crippen molar-refractivity contribution in [3.05, 3.63) is 46.5 Å². The number of hydrogen-bond acceptors (Lipinski definition) is 8. The Bertz CT molecular complexity index is 2350. The lowest BCUT2D eigenvalue weighted by Crippen LogP contribution is -2.53. The Morgan fingerprint density at radius 2 is 0.986 bits per heavy atom. The summed E-state index contributed by atoms with van der Waals surface area (Å²) in [7, 11) is 0. The molecule has 71 heavy (non-hydrogen) atoms. The van der Waals surface area contributed by atoms with Crippen molar-refractivity contribution in [1.82, 2.24) is 9.80 Å². The zero-order valence-electron chi connectivity index (χ0n) is 42.0. The quantitative estimate of drug-likeness (QED) is 0.182. The number of Topliss-reactive ketones (excluding diaryl/α,β-unsaturated/α-hetero) is 1. The highest BCUT2D eigenvalue weighted by atomic mass is 19.4. The fourth-order valence-corrected chi connectivity index (χ4v) is 10.3. The van der Waals surface area contributed by atoms with Crippen LogP contribution in [0, 0.1) is 5.92 Å². The number of carboxylic acid groups (broad SMARTS) is 1. The molecule has 0 atom stereocenters. The minimum Gasteiger partial charge on any atom is -0.481 e. The van der Waals surface area contributed by atoms with Crippen molar-refractivity contribution in [2.24, 2.45) is 5.92 Å².